The van der Waals surface area contributed by atoms with Crippen molar-refractivity contribution < 1.29 is 9.53 Å². The number of para-hydroxylation sites is 1. The number of rotatable bonds is 2. The standard InChI is InChI=1S/C17H18N2O2/c1-11-7-12-5-3-4-6-16(12)19(11)17(20)13-8-14(18)10-15(9-13)21-2/h3-6,8-11H,7,18H2,1-2H3. The Balaban J connectivity index is 2.01. The lowest BCUT2D eigenvalue weighted by molar-refractivity contribution is 0.0981. The molecule has 1 aliphatic heterocycles. The molecule has 1 atom stereocenters. The topological polar surface area (TPSA) is 55.6 Å². The van der Waals surface area contributed by atoms with E-state index in [1.165, 1.54) is 5.56 Å². The third kappa shape index (κ3) is 2.33. The Morgan fingerprint density at radius 3 is 2.81 bits per heavy atom. The van der Waals surface area contributed by atoms with Gasteiger partial charge in [-0.15, -0.1) is 0 Å². The Kier molecular flexibility index (Phi) is 3.29. The maximum absolute atomic E-state index is 12.9. The molecule has 0 saturated carbocycles. The van der Waals surface area contributed by atoms with Gasteiger partial charge in [-0.2, -0.15) is 0 Å². The van der Waals surface area contributed by atoms with Crippen LogP contribution in [0.1, 0.15) is 22.8 Å². The summed E-state index contributed by atoms with van der Waals surface area (Å²) in [6.45, 7) is 2.06. The minimum absolute atomic E-state index is 0.0435. The number of anilines is 2. The Bertz CT molecular complexity index is 697. The van der Waals surface area contributed by atoms with Gasteiger partial charge in [-0.3, -0.25) is 4.79 Å². The maximum atomic E-state index is 12.9. The van der Waals surface area contributed by atoms with Gasteiger partial charge in [0.05, 0.1) is 7.11 Å². The van der Waals surface area contributed by atoms with E-state index < -0.39 is 0 Å². The van der Waals surface area contributed by atoms with Crippen LogP contribution in [0.2, 0.25) is 0 Å². The number of carbonyl (C=O) groups excluding carboxylic acids is 1. The van der Waals surface area contributed by atoms with Gasteiger partial charge in [0.2, 0.25) is 0 Å². The van der Waals surface area contributed by atoms with Crippen LogP contribution in [0.15, 0.2) is 42.5 Å². The third-order valence-corrected chi connectivity index (χ3v) is 3.84. The van der Waals surface area contributed by atoms with Gasteiger partial charge in [0.25, 0.3) is 5.91 Å². The van der Waals surface area contributed by atoms with E-state index in [1.807, 2.05) is 23.1 Å². The first-order chi connectivity index (χ1) is 10.1. The number of nitrogen functional groups attached to an aromatic ring is 1. The minimum atomic E-state index is -0.0435. The van der Waals surface area contributed by atoms with Crippen LogP contribution >= 0.6 is 0 Å². The largest absolute Gasteiger partial charge is 0.497 e. The molecule has 4 heteroatoms. The zero-order valence-electron chi connectivity index (χ0n) is 12.2. The highest BCUT2D eigenvalue weighted by molar-refractivity contribution is 6.08. The molecule has 0 aliphatic carbocycles. The number of benzene rings is 2. The van der Waals surface area contributed by atoms with Crippen molar-refractivity contribution in [2.45, 2.75) is 19.4 Å². The van der Waals surface area contributed by atoms with Crippen LogP contribution in [-0.2, 0) is 6.42 Å². The van der Waals surface area contributed by atoms with Crippen LogP contribution < -0.4 is 15.4 Å². The van der Waals surface area contributed by atoms with Crippen molar-refractivity contribution >= 4 is 17.3 Å². The average molecular weight is 282 g/mol. The number of carbonyl (C=O) groups is 1. The molecule has 1 unspecified atom stereocenters. The maximum Gasteiger partial charge on any atom is 0.258 e. The van der Waals surface area contributed by atoms with Crippen molar-refractivity contribution in [3.8, 4) is 5.75 Å². The fourth-order valence-corrected chi connectivity index (χ4v) is 2.88. The van der Waals surface area contributed by atoms with Gasteiger partial charge < -0.3 is 15.4 Å². The van der Waals surface area contributed by atoms with E-state index in [4.69, 9.17) is 10.5 Å². The van der Waals surface area contributed by atoms with Crippen molar-refractivity contribution in [3.05, 3.63) is 53.6 Å². The minimum Gasteiger partial charge on any atom is -0.497 e. The lowest BCUT2D eigenvalue weighted by Crippen LogP contribution is -2.35. The number of amides is 1. The second-order valence-electron chi connectivity index (χ2n) is 5.35. The molecule has 2 aromatic rings. The number of hydrogen-bond acceptors (Lipinski definition) is 3. The van der Waals surface area contributed by atoms with Crippen LogP contribution in [0.25, 0.3) is 0 Å². The van der Waals surface area contributed by atoms with Crippen molar-refractivity contribution in [3.63, 3.8) is 0 Å². The van der Waals surface area contributed by atoms with Crippen LogP contribution in [0, 0.1) is 0 Å². The molecular formula is C17H18N2O2. The monoisotopic (exact) mass is 282 g/mol. The van der Waals surface area contributed by atoms with E-state index >= 15 is 0 Å². The SMILES string of the molecule is COc1cc(N)cc(C(=O)N2c3ccccc3CC2C)c1. The summed E-state index contributed by atoms with van der Waals surface area (Å²) in [6.07, 6.45) is 0.876. The Hall–Kier alpha value is -2.49. The summed E-state index contributed by atoms with van der Waals surface area (Å²) in [6, 6.07) is 13.3. The lowest BCUT2D eigenvalue weighted by atomic mass is 10.1. The second-order valence-corrected chi connectivity index (χ2v) is 5.35. The summed E-state index contributed by atoms with van der Waals surface area (Å²) < 4.78 is 5.19. The summed E-state index contributed by atoms with van der Waals surface area (Å²) in [5.74, 6) is 0.552. The molecule has 1 heterocycles. The predicted molar refractivity (Wildman–Crippen MR) is 83.8 cm³/mol. The number of nitrogens with two attached hydrogens (primary N) is 1. The molecule has 0 fully saturated rings. The number of nitrogens with zero attached hydrogens (tertiary/aromatic N) is 1. The van der Waals surface area contributed by atoms with E-state index in [0.29, 0.717) is 17.0 Å². The molecule has 0 spiro atoms. The smallest absolute Gasteiger partial charge is 0.258 e. The highest BCUT2D eigenvalue weighted by Gasteiger charge is 2.31. The Morgan fingerprint density at radius 1 is 1.29 bits per heavy atom. The highest BCUT2D eigenvalue weighted by atomic mass is 16.5. The van der Waals surface area contributed by atoms with E-state index in [2.05, 4.69) is 13.0 Å². The molecule has 3 rings (SSSR count). The molecule has 0 bridgehead atoms. The number of methoxy groups -OCH3 is 1. The van der Waals surface area contributed by atoms with Crippen molar-refractivity contribution in [1.82, 2.24) is 0 Å². The summed E-state index contributed by atoms with van der Waals surface area (Å²) in [7, 11) is 1.57. The fraction of sp³-hybridized carbons (Fsp3) is 0.235. The zero-order valence-corrected chi connectivity index (χ0v) is 12.2. The van der Waals surface area contributed by atoms with Crippen LogP contribution in [0.4, 0.5) is 11.4 Å². The third-order valence-electron chi connectivity index (χ3n) is 3.84. The van der Waals surface area contributed by atoms with Crippen molar-refractivity contribution in [1.29, 1.82) is 0 Å². The number of fused-ring (bicyclic) bond motifs is 1. The van der Waals surface area contributed by atoms with Crippen LogP contribution in [0.5, 0.6) is 5.75 Å². The van der Waals surface area contributed by atoms with Crippen LogP contribution in [0.3, 0.4) is 0 Å². The quantitative estimate of drug-likeness (QED) is 0.862. The molecule has 0 saturated heterocycles. The Morgan fingerprint density at radius 2 is 2.05 bits per heavy atom. The molecule has 1 amide bonds. The second kappa shape index (κ2) is 5.13. The normalized spacial score (nSPS) is 16.7. The lowest BCUT2D eigenvalue weighted by Gasteiger charge is -2.23. The first-order valence-corrected chi connectivity index (χ1v) is 6.96. The van der Waals surface area contributed by atoms with E-state index in [-0.39, 0.29) is 11.9 Å². The van der Waals surface area contributed by atoms with Gasteiger partial charge in [-0.05, 0) is 37.1 Å². The summed E-state index contributed by atoms with van der Waals surface area (Å²) in [5.41, 5.74) is 9.11. The van der Waals surface area contributed by atoms with Gasteiger partial charge in [0, 0.05) is 29.0 Å². The average Bonchev–Trinajstić information content (AvgIpc) is 2.81. The van der Waals surface area contributed by atoms with Crippen molar-refractivity contribution in [2.75, 3.05) is 17.7 Å². The molecular weight excluding hydrogens is 264 g/mol. The summed E-state index contributed by atoms with van der Waals surface area (Å²) in [5, 5.41) is 0. The van der Waals surface area contributed by atoms with Gasteiger partial charge in [-0.1, -0.05) is 18.2 Å². The molecule has 2 N–H and O–H groups in total. The van der Waals surface area contributed by atoms with Gasteiger partial charge in [0.1, 0.15) is 5.75 Å². The molecule has 108 valence electrons. The predicted octanol–water partition coefficient (Wildman–Crippen LogP) is 2.87. The molecule has 21 heavy (non-hydrogen) atoms. The molecule has 0 radical (unpaired) electrons. The van der Waals surface area contributed by atoms with Gasteiger partial charge in [-0.25, -0.2) is 0 Å². The summed E-state index contributed by atoms with van der Waals surface area (Å²) in [4.78, 5) is 14.7. The van der Waals surface area contributed by atoms with E-state index in [1.54, 1.807) is 25.3 Å². The van der Waals surface area contributed by atoms with Gasteiger partial charge >= 0.3 is 0 Å². The van der Waals surface area contributed by atoms with E-state index in [9.17, 15) is 4.79 Å². The molecule has 1 aliphatic rings. The highest BCUT2D eigenvalue weighted by Crippen LogP contribution is 2.33. The number of hydrogen-bond donors (Lipinski definition) is 1. The van der Waals surface area contributed by atoms with E-state index in [0.717, 1.165) is 12.1 Å². The molecule has 4 nitrogen and oxygen atoms in total. The zero-order chi connectivity index (χ0) is 15.0. The first kappa shape index (κ1) is 13.5. The summed E-state index contributed by atoms with van der Waals surface area (Å²) >= 11 is 0. The molecule has 0 aromatic heterocycles. The fourth-order valence-electron chi connectivity index (χ4n) is 2.88. The first-order valence-electron chi connectivity index (χ1n) is 6.96. The van der Waals surface area contributed by atoms with Crippen molar-refractivity contribution in [2.24, 2.45) is 0 Å². The number of ether oxygens (including phenoxy) is 1. The Labute approximate surface area is 124 Å². The van der Waals surface area contributed by atoms with Gasteiger partial charge in [0.15, 0.2) is 0 Å². The van der Waals surface area contributed by atoms with Crippen LogP contribution in [-0.4, -0.2) is 19.1 Å². The molecule has 2 aromatic carbocycles.